The lowest BCUT2D eigenvalue weighted by Gasteiger charge is -2.14. The van der Waals surface area contributed by atoms with Gasteiger partial charge in [-0.25, -0.2) is 0 Å². The summed E-state index contributed by atoms with van der Waals surface area (Å²) in [6.07, 6.45) is 0. The zero-order valence-electron chi connectivity index (χ0n) is 13.3. The van der Waals surface area contributed by atoms with E-state index in [0.29, 0.717) is 39.9 Å². The monoisotopic (exact) mass is 383 g/mol. The molecule has 0 spiro atoms. The zero-order valence-corrected chi connectivity index (χ0v) is 14.9. The van der Waals surface area contributed by atoms with Crippen LogP contribution in [-0.2, 0) is 0 Å². The topological polar surface area (TPSA) is 86.5 Å². The Morgan fingerprint density at radius 3 is 2.78 bits per heavy atom. The van der Waals surface area contributed by atoms with Gasteiger partial charge in [0, 0.05) is 5.56 Å². The van der Waals surface area contributed by atoms with E-state index in [2.05, 4.69) is 31.4 Å². The number of rotatable bonds is 6. The van der Waals surface area contributed by atoms with Crippen LogP contribution in [0.5, 0.6) is 11.5 Å². The first kappa shape index (κ1) is 17.3. The van der Waals surface area contributed by atoms with Crippen LogP contribution >= 0.6 is 15.9 Å². The lowest BCUT2D eigenvalue weighted by molar-refractivity contribution is 0.0932. The van der Waals surface area contributed by atoms with Crippen molar-refractivity contribution < 1.29 is 18.8 Å². The Balaban J connectivity index is 2.20. The van der Waals surface area contributed by atoms with Gasteiger partial charge in [0.05, 0.1) is 18.2 Å². The van der Waals surface area contributed by atoms with Gasteiger partial charge in [-0.3, -0.25) is 4.79 Å². The molecule has 1 heterocycles. The van der Waals surface area contributed by atoms with E-state index in [9.17, 15) is 4.79 Å². The van der Waals surface area contributed by atoms with Gasteiger partial charge in [-0.15, -0.1) is 0 Å². The number of carbonyl (C=O) groups excluding carboxylic acids is 1. The summed E-state index contributed by atoms with van der Waals surface area (Å²) in [7, 11) is 1.52. The average Bonchev–Trinajstić information content (AvgIpc) is 2.95. The standard InChI is InChI=1S/C15H18BrN3O4/c1-5-22-13-11(16)6-10(7-12(13)21-4)14(20)17-8(2)15-18-9(3)19-23-15/h6-8H,5H2,1-4H3,(H,17,20)/t8-/m0/s1. The van der Waals surface area contributed by atoms with Crippen molar-refractivity contribution in [1.29, 1.82) is 0 Å². The number of aryl methyl sites for hydroxylation is 1. The van der Waals surface area contributed by atoms with Crippen LogP contribution in [0.2, 0.25) is 0 Å². The molecule has 0 saturated heterocycles. The third kappa shape index (κ3) is 4.01. The van der Waals surface area contributed by atoms with Gasteiger partial charge >= 0.3 is 0 Å². The normalized spacial score (nSPS) is 11.9. The highest BCUT2D eigenvalue weighted by Gasteiger charge is 2.19. The molecule has 23 heavy (non-hydrogen) atoms. The Bertz CT molecular complexity index is 702. The van der Waals surface area contributed by atoms with Crippen molar-refractivity contribution in [3.05, 3.63) is 33.9 Å². The number of amides is 1. The van der Waals surface area contributed by atoms with E-state index in [0.717, 1.165) is 0 Å². The van der Waals surface area contributed by atoms with Crippen LogP contribution in [0.3, 0.4) is 0 Å². The van der Waals surface area contributed by atoms with Crippen LogP contribution in [0.25, 0.3) is 0 Å². The fourth-order valence-corrected chi connectivity index (χ4v) is 2.52. The fraction of sp³-hybridized carbons (Fsp3) is 0.400. The summed E-state index contributed by atoms with van der Waals surface area (Å²) in [5.41, 5.74) is 0.431. The number of benzene rings is 1. The van der Waals surface area contributed by atoms with Gasteiger partial charge in [0.2, 0.25) is 5.89 Å². The van der Waals surface area contributed by atoms with Gasteiger partial charge in [0.1, 0.15) is 6.04 Å². The molecule has 0 bridgehead atoms. The van der Waals surface area contributed by atoms with Crippen molar-refractivity contribution in [3.8, 4) is 11.5 Å². The maximum atomic E-state index is 12.4. The van der Waals surface area contributed by atoms with Gasteiger partial charge in [-0.2, -0.15) is 4.98 Å². The molecule has 2 rings (SSSR count). The van der Waals surface area contributed by atoms with E-state index in [1.807, 2.05) is 6.92 Å². The molecule has 1 amide bonds. The molecule has 0 aliphatic heterocycles. The molecule has 0 aliphatic rings. The number of nitrogens with zero attached hydrogens (tertiary/aromatic N) is 2. The van der Waals surface area contributed by atoms with E-state index in [-0.39, 0.29) is 5.91 Å². The number of methoxy groups -OCH3 is 1. The summed E-state index contributed by atoms with van der Waals surface area (Å²) in [4.78, 5) is 16.5. The molecule has 1 N–H and O–H groups in total. The summed E-state index contributed by atoms with van der Waals surface area (Å²) in [5.74, 6) is 1.63. The average molecular weight is 384 g/mol. The maximum absolute atomic E-state index is 12.4. The third-order valence-corrected chi connectivity index (χ3v) is 3.63. The van der Waals surface area contributed by atoms with Crippen molar-refractivity contribution in [1.82, 2.24) is 15.5 Å². The van der Waals surface area contributed by atoms with E-state index in [4.69, 9.17) is 14.0 Å². The maximum Gasteiger partial charge on any atom is 0.252 e. The first-order valence-electron chi connectivity index (χ1n) is 7.07. The minimum absolute atomic E-state index is 0.282. The van der Waals surface area contributed by atoms with Gasteiger partial charge in [-0.1, -0.05) is 5.16 Å². The Kier molecular flexibility index (Phi) is 5.59. The molecule has 0 saturated carbocycles. The van der Waals surface area contributed by atoms with Crippen LogP contribution in [0.4, 0.5) is 0 Å². The fourth-order valence-electron chi connectivity index (χ4n) is 1.97. The summed E-state index contributed by atoms with van der Waals surface area (Å²) >= 11 is 3.40. The van der Waals surface area contributed by atoms with Crippen LogP contribution in [0.15, 0.2) is 21.1 Å². The van der Waals surface area contributed by atoms with Gasteiger partial charge < -0.3 is 19.3 Å². The number of carbonyl (C=O) groups is 1. The smallest absolute Gasteiger partial charge is 0.252 e. The second-order valence-electron chi connectivity index (χ2n) is 4.80. The molecule has 2 aromatic rings. The lowest BCUT2D eigenvalue weighted by Crippen LogP contribution is -2.27. The first-order chi connectivity index (χ1) is 11.0. The number of hydrogen-bond donors (Lipinski definition) is 1. The summed E-state index contributed by atoms with van der Waals surface area (Å²) < 4.78 is 16.5. The lowest BCUT2D eigenvalue weighted by atomic mass is 10.1. The van der Waals surface area contributed by atoms with Crippen molar-refractivity contribution in [2.45, 2.75) is 26.8 Å². The van der Waals surface area contributed by atoms with Crippen LogP contribution < -0.4 is 14.8 Å². The quantitative estimate of drug-likeness (QED) is 0.824. The second-order valence-corrected chi connectivity index (χ2v) is 5.65. The number of aromatic nitrogens is 2. The molecular weight excluding hydrogens is 366 g/mol. The largest absolute Gasteiger partial charge is 0.493 e. The van der Waals surface area contributed by atoms with Crippen LogP contribution in [0, 0.1) is 6.92 Å². The molecule has 0 unspecified atom stereocenters. The van der Waals surface area contributed by atoms with E-state index in [1.165, 1.54) is 7.11 Å². The number of nitrogens with one attached hydrogen (secondary N) is 1. The van der Waals surface area contributed by atoms with Crippen molar-refractivity contribution in [2.24, 2.45) is 0 Å². The predicted octanol–water partition coefficient (Wildman–Crippen LogP) is 3.04. The molecule has 124 valence electrons. The highest BCUT2D eigenvalue weighted by molar-refractivity contribution is 9.10. The van der Waals surface area contributed by atoms with Crippen LogP contribution in [0.1, 0.15) is 42.0 Å². The van der Waals surface area contributed by atoms with Crippen molar-refractivity contribution in [3.63, 3.8) is 0 Å². The number of ether oxygens (including phenoxy) is 2. The van der Waals surface area contributed by atoms with Gasteiger partial charge in [-0.05, 0) is 48.8 Å². The highest BCUT2D eigenvalue weighted by atomic mass is 79.9. The zero-order chi connectivity index (χ0) is 17.0. The second kappa shape index (κ2) is 7.45. The number of hydrogen-bond acceptors (Lipinski definition) is 6. The van der Waals surface area contributed by atoms with E-state index in [1.54, 1.807) is 26.0 Å². The molecule has 0 fully saturated rings. The molecular formula is C15H18BrN3O4. The molecule has 0 aliphatic carbocycles. The minimum Gasteiger partial charge on any atom is -0.493 e. The highest BCUT2D eigenvalue weighted by Crippen LogP contribution is 2.36. The molecule has 1 aromatic carbocycles. The first-order valence-corrected chi connectivity index (χ1v) is 7.87. The minimum atomic E-state index is -0.403. The van der Waals surface area contributed by atoms with Gasteiger partial charge in [0.15, 0.2) is 17.3 Å². The predicted molar refractivity (Wildman–Crippen MR) is 86.8 cm³/mol. The Labute approximate surface area is 142 Å². The molecule has 0 radical (unpaired) electrons. The summed E-state index contributed by atoms with van der Waals surface area (Å²) in [5, 5.41) is 6.51. The summed E-state index contributed by atoms with van der Waals surface area (Å²) in [6.45, 7) is 5.86. The van der Waals surface area contributed by atoms with E-state index < -0.39 is 6.04 Å². The SMILES string of the molecule is CCOc1c(Br)cc(C(=O)N[C@@H](C)c2nc(C)no2)cc1OC. The Morgan fingerprint density at radius 2 is 2.22 bits per heavy atom. The number of halogens is 1. The summed E-state index contributed by atoms with van der Waals surface area (Å²) in [6, 6.07) is 2.89. The Hall–Kier alpha value is -2.09. The van der Waals surface area contributed by atoms with E-state index >= 15 is 0 Å². The molecule has 1 atom stereocenters. The van der Waals surface area contributed by atoms with Crippen molar-refractivity contribution >= 4 is 21.8 Å². The van der Waals surface area contributed by atoms with Gasteiger partial charge in [0.25, 0.3) is 5.91 Å². The molecule has 7 nitrogen and oxygen atoms in total. The Morgan fingerprint density at radius 1 is 1.48 bits per heavy atom. The van der Waals surface area contributed by atoms with Crippen molar-refractivity contribution in [2.75, 3.05) is 13.7 Å². The molecule has 1 aromatic heterocycles. The third-order valence-electron chi connectivity index (χ3n) is 3.04. The van der Waals surface area contributed by atoms with Crippen LogP contribution in [-0.4, -0.2) is 29.8 Å². The molecule has 8 heteroatoms.